The van der Waals surface area contributed by atoms with Gasteiger partial charge >= 0.3 is 6.03 Å². The molecule has 0 heterocycles. The number of hydrogen-bond acceptors (Lipinski definition) is 3. The van der Waals surface area contributed by atoms with Gasteiger partial charge in [0.15, 0.2) is 0 Å². The van der Waals surface area contributed by atoms with Crippen molar-refractivity contribution in [1.82, 2.24) is 4.90 Å². The normalized spacial score (nSPS) is 10.1. The average Bonchev–Trinajstić information content (AvgIpc) is 2.38. The van der Waals surface area contributed by atoms with Crippen LogP contribution in [-0.4, -0.2) is 28.2 Å². The Hall–Kier alpha value is -2.69. The summed E-state index contributed by atoms with van der Waals surface area (Å²) in [5.74, 6) is -0.211. The van der Waals surface area contributed by atoms with Gasteiger partial charge in [0, 0.05) is 37.5 Å². The molecule has 104 valence electrons. The van der Waals surface area contributed by atoms with Crippen molar-refractivity contribution in [3.05, 3.63) is 54.1 Å². The van der Waals surface area contributed by atoms with Gasteiger partial charge < -0.3 is 20.4 Å². The number of phenolic OH excluding ortho intramolecular Hbond substituents is 2. The maximum Gasteiger partial charge on any atom is 0.321 e. The lowest BCUT2D eigenvalue weighted by atomic mass is 10.2. The summed E-state index contributed by atoms with van der Waals surface area (Å²) in [7, 11) is 1.67. The molecule has 2 amide bonds. The number of rotatable bonds is 3. The lowest BCUT2D eigenvalue weighted by Crippen LogP contribution is -2.30. The Morgan fingerprint density at radius 2 is 1.70 bits per heavy atom. The van der Waals surface area contributed by atoms with E-state index in [1.165, 1.54) is 23.1 Å². The lowest BCUT2D eigenvalue weighted by molar-refractivity contribution is 0.220. The first-order chi connectivity index (χ1) is 9.54. The predicted molar refractivity (Wildman–Crippen MR) is 76.7 cm³/mol. The van der Waals surface area contributed by atoms with E-state index in [1.807, 2.05) is 30.3 Å². The highest BCUT2D eigenvalue weighted by Crippen LogP contribution is 2.24. The van der Waals surface area contributed by atoms with Gasteiger partial charge in [-0.05, 0) is 5.56 Å². The van der Waals surface area contributed by atoms with Gasteiger partial charge in [-0.25, -0.2) is 4.79 Å². The molecule has 0 saturated carbocycles. The van der Waals surface area contributed by atoms with Crippen LogP contribution in [0.3, 0.4) is 0 Å². The van der Waals surface area contributed by atoms with E-state index in [2.05, 4.69) is 5.32 Å². The van der Waals surface area contributed by atoms with Gasteiger partial charge in [-0.2, -0.15) is 0 Å². The Morgan fingerprint density at radius 1 is 1.10 bits per heavy atom. The van der Waals surface area contributed by atoms with Crippen molar-refractivity contribution in [3.8, 4) is 11.5 Å². The van der Waals surface area contributed by atoms with Crippen molar-refractivity contribution < 1.29 is 15.0 Å². The minimum absolute atomic E-state index is 0.106. The van der Waals surface area contributed by atoms with Crippen molar-refractivity contribution in [2.45, 2.75) is 6.54 Å². The Balaban J connectivity index is 2.00. The summed E-state index contributed by atoms with van der Waals surface area (Å²) in [5, 5.41) is 21.3. The molecule has 0 spiro atoms. The standard InChI is InChI=1S/C15H16N2O3/c1-17(10-11-5-3-2-4-6-11)15(20)16-12-7-13(18)9-14(19)8-12/h2-9,18-19H,10H2,1H3,(H,16,20). The van der Waals surface area contributed by atoms with Crippen LogP contribution < -0.4 is 5.32 Å². The van der Waals surface area contributed by atoms with Crippen molar-refractivity contribution in [3.63, 3.8) is 0 Å². The van der Waals surface area contributed by atoms with E-state index in [4.69, 9.17) is 0 Å². The molecule has 5 nitrogen and oxygen atoms in total. The summed E-state index contributed by atoms with van der Waals surface area (Å²) in [6.07, 6.45) is 0. The van der Waals surface area contributed by atoms with E-state index in [0.29, 0.717) is 12.2 Å². The summed E-state index contributed by atoms with van der Waals surface area (Å²) in [4.78, 5) is 13.5. The highest BCUT2D eigenvalue weighted by atomic mass is 16.3. The molecule has 0 aliphatic carbocycles. The Kier molecular flexibility index (Phi) is 4.10. The molecule has 0 atom stereocenters. The second kappa shape index (κ2) is 5.97. The second-order valence-corrected chi connectivity index (χ2v) is 4.51. The number of carbonyl (C=O) groups excluding carboxylic acids is 1. The first-order valence-electron chi connectivity index (χ1n) is 6.13. The van der Waals surface area contributed by atoms with Crippen molar-refractivity contribution >= 4 is 11.7 Å². The zero-order valence-corrected chi connectivity index (χ0v) is 11.1. The van der Waals surface area contributed by atoms with Gasteiger partial charge in [0.05, 0.1) is 0 Å². The number of urea groups is 1. The first kappa shape index (κ1) is 13.7. The van der Waals surface area contributed by atoms with E-state index in [-0.39, 0.29) is 17.5 Å². The number of anilines is 1. The monoisotopic (exact) mass is 272 g/mol. The molecule has 0 bridgehead atoms. The Bertz CT molecular complexity index is 579. The van der Waals surface area contributed by atoms with Crippen LogP contribution >= 0.6 is 0 Å². The molecular weight excluding hydrogens is 256 g/mol. The van der Waals surface area contributed by atoms with E-state index >= 15 is 0 Å². The fourth-order valence-electron chi connectivity index (χ4n) is 1.82. The number of nitrogens with one attached hydrogen (secondary N) is 1. The van der Waals surface area contributed by atoms with Crippen LogP contribution in [-0.2, 0) is 6.54 Å². The second-order valence-electron chi connectivity index (χ2n) is 4.51. The first-order valence-corrected chi connectivity index (χ1v) is 6.13. The van der Waals surface area contributed by atoms with E-state index in [9.17, 15) is 15.0 Å². The summed E-state index contributed by atoms with van der Waals surface area (Å²) in [6.45, 7) is 0.470. The van der Waals surface area contributed by atoms with E-state index < -0.39 is 0 Å². The van der Waals surface area contributed by atoms with Gasteiger partial charge in [0.1, 0.15) is 11.5 Å². The third-order valence-corrected chi connectivity index (χ3v) is 2.76. The highest BCUT2D eigenvalue weighted by molar-refractivity contribution is 5.89. The fourth-order valence-corrected chi connectivity index (χ4v) is 1.82. The molecule has 2 aromatic rings. The van der Waals surface area contributed by atoms with Crippen molar-refractivity contribution in [2.75, 3.05) is 12.4 Å². The zero-order chi connectivity index (χ0) is 14.5. The minimum Gasteiger partial charge on any atom is -0.508 e. The maximum absolute atomic E-state index is 12.0. The van der Waals surface area contributed by atoms with E-state index in [1.54, 1.807) is 7.05 Å². The van der Waals surface area contributed by atoms with Crippen LogP contribution in [0.5, 0.6) is 11.5 Å². The number of nitrogens with zero attached hydrogens (tertiary/aromatic N) is 1. The van der Waals surface area contributed by atoms with Crippen molar-refractivity contribution in [1.29, 1.82) is 0 Å². The summed E-state index contributed by atoms with van der Waals surface area (Å²) in [5.41, 5.74) is 1.36. The summed E-state index contributed by atoms with van der Waals surface area (Å²) >= 11 is 0. The minimum atomic E-state index is -0.321. The number of carbonyl (C=O) groups is 1. The molecule has 0 aliphatic rings. The van der Waals surface area contributed by atoms with Gasteiger partial charge in [-0.15, -0.1) is 0 Å². The Labute approximate surface area is 117 Å². The molecule has 3 N–H and O–H groups in total. The topological polar surface area (TPSA) is 72.8 Å². The molecular formula is C15H16N2O3. The number of aromatic hydroxyl groups is 2. The van der Waals surface area contributed by atoms with Crippen LogP contribution in [0.2, 0.25) is 0 Å². The summed E-state index contributed by atoms with van der Waals surface area (Å²) in [6, 6.07) is 13.2. The average molecular weight is 272 g/mol. The largest absolute Gasteiger partial charge is 0.508 e. The number of phenols is 2. The fraction of sp³-hybridized carbons (Fsp3) is 0.133. The molecule has 2 aromatic carbocycles. The summed E-state index contributed by atoms with van der Waals surface area (Å²) < 4.78 is 0. The molecule has 0 radical (unpaired) electrons. The van der Waals surface area contributed by atoms with Crippen LogP contribution in [0.15, 0.2) is 48.5 Å². The number of amides is 2. The SMILES string of the molecule is CN(Cc1ccccc1)C(=O)Nc1cc(O)cc(O)c1. The van der Waals surface area contributed by atoms with Gasteiger partial charge in [-0.1, -0.05) is 30.3 Å². The highest BCUT2D eigenvalue weighted by Gasteiger charge is 2.10. The number of hydrogen-bond donors (Lipinski definition) is 3. The maximum atomic E-state index is 12.0. The van der Waals surface area contributed by atoms with E-state index in [0.717, 1.165) is 5.56 Å². The van der Waals surface area contributed by atoms with Gasteiger partial charge in [0.2, 0.25) is 0 Å². The third kappa shape index (κ3) is 3.65. The molecule has 5 heteroatoms. The number of benzene rings is 2. The smallest absolute Gasteiger partial charge is 0.321 e. The predicted octanol–water partition coefficient (Wildman–Crippen LogP) is 2.76. The quantitative estimate of drug-likeness (QED) is 0.804. The molecule has 0 unspecified atom stereocenters. The Morgan fingerprint density at radius 3 is 2.30 bits per heavy atom. The van der Waals surface area contributed by atoms with Crippen LogP contribution in [0, 0.1) is 0 Å². The third-order valence-electron chi connectivity index (χ3n) is 2.76. The van der Waals surface area contributed by atoms with Crippen LogP contribution in [0.4, 0.5) is 10.5 Å². The van der Waals surface area contributed by atoms with Crippen LogP contribution in [0.1, 0.15) is 5.56 Å². The lowest BCUT2D eigenvalue weighted by Gasteiger charge is -2.18. The van der Waals surface area contributed by atoms with Crippen molar-refractivity contribution in [2.24, 2.45) is 0 Å². The molecule has 2 rings (SSSR count). The molecule has 0 aliphatic heterocycles. The molecule has 0 aromatic heterocycles. The zero-order valence-electron chi connectivity index (χ0n) is 11.1. The molecule has 20 heavy (non-hydrogen) atoms. The van der Waals surface area contributed by atoms with Gasteiger partial charge in [-0.3, -0.25) is 0 Å². The van der Waals surface area contributed by atoms with Crippen LogP contribution in [0.25, 0.3) is 0 Å². The van der Waals surface area contributed by atoms with Gasteiger partial charge in [0.25, 0.3) is 0 Å². The molecule has 0 fully saturated rings. The molecule has 0 saturated heterocycles.